The largest absolute Gasteiger partial charge is 0.397 e. The highest BCUT2D eigenvalue weighted by atomic mass is 16.1. The standard InChI is InChI=1S/C15H26N4O/c1-4-9-19(5-2)10-8-18-14-11-12(15(20)17-3)6-7-13(14)16/h6-7,11,18H,4-5,8-10,16H2,1-3H3,(H,17,20). The third-order valence-electron chi connectivity index (χ3n) is 3.27. The average Bonchev–Trinajstić information content (AvgIpc) is 2.47. The number of carbonyl (C=O) groups is 1. The number of hydrogen-bond acceptors (Lipinski definition) is 4. The minimum Gasteiger partial charge on any atom is -0.397 e. The van der Waals surface area contributed by atoms with Gasteiger partial charge < -0.3 is 21.3 Å². The van der Waals surface area contributed by atoms with Gasteiger partial charge >= 0.3 is 0 Å². The second kappa shape index (κ2) is 8.43. The first-order valence-corrected chi connectivity index (χ1v) is 7.20. The van der Waals surface area contributed by atoms with E-state index in [1.165, 1.54) is 0 Å². The molecule has 5 nitrogen and oxygen atoms in total. The molecule has 1 rings (SSSR count). The first-order chi connectivity index (χ1) is 9.62. The van der Waals surface area contributed by atoms with Crippen molar-refractivity contribution in [3.63, 3.8) is 0 Å². The Morgan fingerprint density at radius 2 is 2.05 bits per heavy atom. The summed E-state index contributed by atoms with van der Waals surface area (Å²) in [5, 5.41) is 5.92. The molecule has 0 aromatic heterocycles. The van der Waals surface area contributed by atoms with Crippen molar-refractivity contribution in [2.45, 2.75) is 20.3 Å². The number of likely N-dealkylation sites (N-methyl/N-ethyl adjacent to an activating group) is 1. The Morgan fingerprint density at radius 1 is 1.30 bits per heavy atom. The van der Waals surface area contributed by atoms with Gasteiger partial charge in [0.15, 0.2) is 0 Å². The number of benzene rings is 1. The highest BCUT2D eigenvalue weighted by molar-refractivity contribution is 5.96. The van der Waals surface area contributed by atoms with Crippen molar-refractivity contribution in [1.82, 2.24) is 10.2 Å². The Labute approximate surface area is 121 Å². The van der Waals surface area contributed by atoms with Gasteiger partial charge in [-0.3, -0.25) is 4.79 Å². The number of nitrogens with two attached hydrogens (primary N) is 1. The summed E-state index contributed by atoms with van der Waals surface area (Å²) in [5.41, 5.74) is 8.03. The molecule has 0 saturated carbocycles. The summed E-state index contributed by atoms with van der Waals surface area (Å²) in [6, 6.07) is 5.29. The predicted octanol–water partition coefficient (Wildman–Crippen LogP) is 1.77. The molecule has 5 heteroatoms. The fourth-order valence-electron chi connectivity index (χ4n) is 2.09. The van der Waals surface area contributed by atoms with Crippen LogP contribution in [0.1, 0.15) is 30.6 Å². The summed E-state index contributed by atoms with van der Waals surface area (Å²) in [6.07, 6.45) is 1.15. The van der Waals surface area contributed by atoms with Crippen LogP contribution in [-0.2, 0) is 0 Å². The van der Waals surface area contributed by atoms with Crippen LogP contribution >= 0.6 is 0 Å². The molecule has 0 heterocycles. The third kappa shape index (κ3) is 4.74. The van der Waals surface area contributed by atoms with E-state index in [9.17, 15) is 4.79 Å². The lowest BCUT2D eigenvalue weighted by Crippen LogP contribution is -2.29. The van der Waals surface area contributed by atoms with Crippen LogP contribution in [0, 0.1) is 0 Å². The van der Waals surface area contributed by atoms with Gasteiger partial charge in [-0.15, -0.1) is 0 Å². The average molecular weight is 278 g/mol. The maximum atomic E-state index is 11.6. The van der Waals surface area contributed by atoms with Gasteiger partial charge in [0, 0.05) is 25.7 Å². The van der Waals surface area contributed by atoms with Crippen LogP contribution < -0.4 is 16.4 Å². The molecule has 1 aromatic rings. The lowest BCUT2D eigenvalue weighted by Gasteiger charge is -2.20. The van der Waals surface area contributed by atoms with Crippen LogP contribution in [0.4, 0.5) is 11.4 Å². The number of nitrogens with zero attached hydrogens (tertiary/aromatic N) is 1. The van der Waals surface area contributed by atoms with E-state index in [0.717, 1.165) is 38.3 Å². The van der Waals surface area contributed by atoms with E-state index < -0.39 is 0 Å². The molecule has 112 valence electrons. The lowest BCUT2D eigenvalue weighted by molar-refractivity contribution is 0.0963. The molecule has 4 N–H and O–H groups in total. The molecule has 0 saturated heterocycles. The maximum absolute atomic E-state index is 11.6. The van der Waals surface area contributed by atoms with Gasteiger partial charge in [0.05, 0.1) is 11.4 Å². The molecule has 0 aliphatic rings. The summed E-state index contributed by atoms with van der Waals surface area (Å²) >= 11 is 0. The zero-order valence-electron chi connectivity index (χ0n) is 12.7. The summed E-state index contributed by atoms with van der Waals surface area (Å²) < 4.78 is 0. The molecule has 0 aliphatic carbocycles. The molecule has 0 bridgehead atoms. The molecule has 1 aromatic carbocycles. The van der Waals surface area contributed by atoms with E-state index in [-0.39, 0.29) is 5.91 Å². The Hall–Kier alpha value is -1.75. The van der Waals surface area contributed by atoms with E-state index in [0.29, 0.717) is 11.3 Å². The number of rotatable bonds is 8. The number of nitrogen functional groups attached to an aromatic ring is 1. The highest BCUT2D eigenvalue weighted by Gasteiger charge is 2.07. The topological polar surface area (TPSA) is 70.4 Å². The lowest BCUT2D eigenvalue weighted by atomic mass is 10.1. The van der Waals surface area contributed by atoms with E-state index in [2.05, 4.69) is 29.4 Å². The van der Waals surface area contributed by atoms with Gasteiger partial charge in [-0.25, -0.2) is 0 Å². The maximum Gasteiger partial charge on any atom is 0.251 e. The van der Waals surface area contributed by atoms with Crippen LogP contribution in [0.2, 0.25) is 0 Å². The van der Waals surface area contributed by atoms with Crippen LogP contribution in [0.3, 0.4) is 0 Å². The van der Waals surface area contributed by atoms with Gasteiger partial charge in [-0.05, 0) is 37.7 Å². The molecule has 0 spiro atoms. The van der Waals surface area contributed by atoms with Crippen LogP contribution in [-0.4, -0.2) is 44.0 Å². The molecular formula is C15H26N4O. The second-order valence-electron chi connectivity index (χ2n) is 4.74. The molecule has 0 atom stereocenters. The van der Waals surface area contributed by atoms with Gasteiger partial charge in [0.2, 0.25) is 0 Å². The summed E-state index contributed by atoms with van der Waals surface area (Å²) in [7, 11) is 1.62. The second-order valence-corrected chi connectivity index (χ2v) is 4.74. The number of hydrogen-bond donors (Lipinski definition) is 3. The zero-order chi connectivity index (χ0) is 15.0. The van der Waals surface area contributed by atoms with Crippen molar-refractivity contribution in [2.24, 2.45) is 0 Å². The van der Waals surface area contributed by atoms with Gasteiger partial charge in [0.1, 0.15) is 0 Å². The van der Waals surface area contributed by atoms with E-state index in [1.54, 1.807) is 25.2 Å². The first-order valence-electron chi connectivity index (χ1n) is 7.20. The van der Waals surface area contributed by atoms with Crippen molar-refractivity contribution in [3.8, 4) is 0 Å². The van der Waals surface area contributed by atoms with Crippen molar-refractivity contribution < 1.29 is 4.79 Å². The first kappa shape index (κ1) is 16.3. The van der Waals surface area contributed by atoms with Crippen molar-refractivity contribution in [3.05, 3.63) is 23.8 Å². The normalized spacial score (nSPS) is 10.6. The number of anilines is 2. The number of carbonyl (C=O) groups excluding carboxylic acids is 1. The highest BCUT2D eigenvalue weighted by Crippen LogP contribution is 2.19. The van der Waals surface area contributed by atoms with Crippen LogP contribution in [0.25, 0.3) is 0 Å². The molecular weight excluding hydrogens is 252 g/mol. The van der Waals surface area contributed by atoms with Crippen molar-refractivity contribution in [2.75, 3.05) is 44.3 Å². The van der Waals surface area contributed by atoms with Crippen molar-refractivity contribution >= 4 is 17.3 Å². The smallest absolute Gasteiger partial charge is 0.251 e. The summed E-state index contributed by atoms with van der Waals surface area (Å²) in [6.45, 7) is 8.27. The summed E-state index contributed by atoms with van der Waals surface area (Å²) in [5.74, 6) is -0.103. The SMILES string of the molecule is CCCN(CC)CCNc1cc(C(=O)NC)ccc1N. The number of amides is 1. The molecule has 20 heavy (non-hydrogen) atoms. The molecule has 1 amide bonds. The Morgan fingerprint density at radius 3 is 2.65 bits per heavy atom. The van der Waals surface area contributed by atoms with Gasteiger partial charge in [0.25, 0.3) is 5.91 Å². The fraction of sp³-hybridized carbons (Fsp3) is 0.533. The molecule has 0 unspecified atom stereocenters. The van der Waals surface area contributed by atoms with Gasteiger partial charge in [-0.1, -0.05) is 13.8 Å². The quantitative estimate of drug-likeness (QED) is 0.634. The monoisotopic (exact) mass is 278 g/mol. The third-order valence-corrected chi connectivity index (χ3v) is 3.27. The predicted molar refractivity (Wildman–Crippen MR) is 85.1 cm³/mol. The number of nitrogens with one attached hydrogen (secondary N) is 2. The van der Waals surface area contributed by atoms with E-state index >= 15 is 0 Å². The minimum absolute atomic E-state index is 0.103. The minimum atomic E-state index is -0.103. The van der Waals surface area contributed by atoms with Crippen molar-refractivity contribution in [1.29, 1.82) is 0 Å². The van der Waals surface area contributed by atoms with E-state index in [1.807, 2.05) is 0 Å². The Kier molecular flexibility index (Phi) is 6.87. The van der Waals surface area contributed by atoms with Crippen LogP contribution in [0.15, 0.2) is 18.2 Å². The van der Waals surface area contributed by atoms with Gasteiger partial charge in [-0.2, -0.15) is 0 Å². The zero-order valence-corrected chi connectivity index (χ0v) is 12.7. The van der Waals surface area contributed by atoms with E-state index in [4.69, 9.17) is 5.73 Å². The Bertz CT molecular complexity index is 434. The molecule has 0 fully saturated rings. The fourth-order valence-corrected chi connectivity index (χ4v) is 2.09. The Balaban J connectivity index is 2.60. The molecule has 0 radical (unpaired) electrons. The van der Waals surface area contributed by atoms with Crippen LogP contribution in [0.5, 0.6) is 0 Å². The summed E-state index contributed by atoms with van der Waals surface area (Å²) in [4.78, 5) is 14.0. The molecule has 0 aliphatic heterocycles.